The summed E-state index contributed by atoms with van der Waals surface area (Å²) in [7, 11) is 0. The van der Waals surface area contributed by atoms with Gasteiger partial charge in [-0.05, 0) is 47.0 Å². The van der Waals surface area contributed by atoms with Crippen LogP contribution in [-0.2, 0) is 41.6 Å². The molecule has 0 aromatic carbocycles. The molecule has 0 saturated heterocycles. The molecule has 0 amide bonds. The van der Waals surface area contributed by atoms with E-state index < -0.39 is 17.3 Å². The monoisotopic (exact) mass is 651 g/mol. The number of hydrogen-bond donors (Lipinski definition) is 1. The Morgan fingerprint density at radius 3 is 1.91 bits per heavy atom. The molecule has 1 rings (SSSR count). The maximum absolute atomic E-state index is 12.8. The fraction of sp³-hybridized carbons (Fsp3) is 0.861. The van der Waals surface area contributed by atoms with Gasteiger partial charge in [-0.25, -0.2) is 4.68 Å². The van der Waals surface area contributed by atoms with Crippen molar-refractivity contribution in [2.45, 2.75) is 187 Å². The Kier molecular flexibility index (Phi) is 21.7. The van der Waals surface area contributed by atoms with Crippen LogP contribution in [0.4, 0.5) is 0 Å². The Morgan fingerprint density at radius 2 is 1.35 bits per heavy atom. The number of aromatic nitrogens is 3. The van der Waals surface area contributed by atoms with E-state index in [1.165, 1.54) is 51.4 Å². The van der Waals surface area contributed by atoms with Crippen molar-refractivity contribution in [2.75, 3.05) is 13.2 Å². The number of carbonyl (C=O) groups excluding carboxylic acids is 3. The van der Waals surface area contributed by atoms with Crippen molar-refractivity contribution in [3.8, 4) is 0 Å². The molecule has 0 fully saturated rings. The molecule has 1 N–H and O–H groups in total. The summed E-state index contributed by atoms with van der Waals surface area (Å²) in [5.74, 6) is -0.658. The zero-order valence-electron chi connectivity index (χ0n) is 29.9. The van der Waals surface area contributed by atoms with E-state index in [2.05, 4.69) is 24.2 Å². The van der Waals surface area contributed by atoms with Crippen LogP contribution >= 0.6 is 0 Å². The number of nitrogens with zero attached hydrogens (tertiary/aromatic N) is 3. The van der Waals surface area contributed by atoms with Crippen molar-refractivity contribution in [1.82, 2.24) is 15.0 Å². The van der Waals surface area contributed by atoms with Gasteiger partial charge in [-0.15, -0.1) is 5.10 Å². The molecular formula is C36H65N3O7. The first kappa shape index (κ1) is 41.7. The van der Waals surface area contributed by atoms with Crippen LogP contribution in [0, 0.1) is 0 Å². The fourth-order valence-corrected chi connectivity index (χ4v) is 5.01. The highest BCUT2D eigenvalue weighted by Crippen LogP contribution is 2.18. The smallest absolute Gasteiger partial charge is 0.306 e. The maximum Gasteiger partial charge on any atom is 0.306 e. The van der Waals surface area contributed by atoms with Crippen molar-refractivity contribution in [3.05, 3.63) is 11.9 Å². The van der Waals surface area contributed by atoms with E-state index in [9.17, 15) is 19.5 Å². The SMILES string of the molecule is CCCCCCCCCC(=O)OCC(Cn1cc(CCC(=O)C(C)(C)OCCC(C)(C)O)nn1)OC(=O)CCCCCCCCC. The summed E-state index contributed by atoms with van der Waals surface area (Å²) in [6.07, 6.45) is 18.3. The van der Waals surface area contributed by atoms with Crippen LogP contribution in [-0.4, -0.2) is 68.3 Å². The van der Waals surface area contributed by atoms with E-state index in [-0.39, 0.29) is 43.9 Å². The van der Waals surface area contributed by atoms with Gasteiger partial charge in [-0.3, -0.25) is 14.4 Å². The normalized spacial score (nSPS) is 12.7. The molecule has 1 aromatic heterocycles. The molecule has 0 spiro atoms. The number of rotatable bonds is 29. The molecule has 10 heteroatoms. The molecule has 0 bridgehead atoms. The first-order valence-electron chi connectivity index (χ1n) is 18.0. The Labute approximate surface area is 278 Å². The number of ketones is 1. The molecule has 46 heavy (non-hydrogen) atoms. The van der Waals surface area contributed by atoms with Gasteiger partial charge < -0.3 is 19.3 Å². The topological polar surface area (TPSA) is 130 Å². The van der Waals surface area contributed by atoms with Crippen LogP contribution in [0.5, 0.6) is 0 Å². The molecule has 1 atom stereocenters. The first-order valence-corrected chi connectivity index (χ1v) is 18.0. The maximum atomic E-state index is 12.8. The summed E-state index contributed by atoms with van der Waals surface area (Å²) in [4.78, 5) is 37.9. The predicted octanol–water partition coefficient (Wildman–Crippen LogP) is 7.47. The quantitative estimate of drug-likeness (QED) is 0.0692. The first-order chi connectivity index (χ1) is 21.9. The number of ether oxygens (including phenoxy) is 3. The van der Waals surface area contributed by atoms with Gasteiger partial charge in [-0.2, -0.15) is 0 Å². The summed E-state index contributed by atoms with van der Waals surface area (Å²) in [6, 6.07) is 0. The molecule has 1 heterocycles. The number of hydrogen-bond acceptors (Lipinski definition) is 9. The van der Waals surface area contributed by atoms with Gasteiger partial charge in [0, 0.05) is 31.9 Å². The standard InChI is InChI=1S/C36H65N3O7/c1-7-9-11-13-15-17-19-21-33(41)44-29-31(46-34(42)22-20-18-16-14-12-10-8-2)28-39-27-30(37-38-39)23-24-32(40)36(5,6)45-26-25-35(3,4)43/h27,31,43H,7-26,28-29H2,1-6H3. The third kappa shape index (κ3) is 21.5. The molecule has 0 aliphatic carbocycles. The lowest BCUT2D eigenvalue weighted by atomic mass is 9.98. The Morgan fingerprint density at radius 1 is 0.804 bits per heavy atom. The van der Waals surface area contributed by atoms with Gasteiger partial charge in [0.15, 0.2) is 11.9 Å². The lowest BCUT2D eigenvalue weighted by Gasteiger charge is -2.26. The summed E-state index contributed by atoms with van der Waals surface area (Å²) < 4.78 is 18.6. The second-order valence-electron chi connectivity index (χ2n) is 13.8. The van der Waals surface area contributed by atoms with E-state index in [1.54, 1.807) is 38.6 Å². The van der Waals surface area contributed by atoms with Crippen LogP contribution in [0.3, 0.4) is 0 Å². The van der Waals surface area contributed by atoms with E-state index in [0.29, 0.717) is 31.4 Å². The van der Waals surface area contributed by atoms with Gasteiger partial charge >= 0.3 is 11.9 Å². The molecular weight excluding hydrogens is 586 g/mol. The summed E-state index contributed by atoms with van der Waals surface area (Å²) >= 11 is 0. The second kappa shape index (κ2) is 23.9. The third-order valence-electron chi connectivity index (χ3n) is 8.13. The Hall–Kier alpha value is -2.33. The molecule has 0 radical (unpaired) electrons. The lowest BCUT2D eigenvalue weighted by Crippen LogP contribution is -2.37. The minimum atomic E-state index is -0.977. The van der Waals surface area contributed by atoms with E-state index >= 15 is 0 Å². The highest BCUT2D eigenvalue weighted by molar-refractivity contribution is 5.86. The zero-order chi connectivity index (χ0) is 34.3. The molecule has 0 saturated carbocycles. The summed E-state index contributed by atoms with van der Waals surface area (Å²) in [5, 5.41) is 18.3. The largest absolute Gasteiger partial charge is 0.462 e. The highest BCUT2D eigenvalue weighted by atomic mass is 16.6. The number of aryl methyl sites for hydroxylation is 1. The molecule has 0 aliphatic rings. The van der Waals surface area contributed by atoms with E-state index in [1.807, 2.05) is 0 Å². The van der Waals surface area contributed by atoms with Crippen LogP contribution in [0.1, 0.15) is 163 Å². The van der Waals surface area contributed by atoms with Crippen LogP contribution in [0.15, 0.2) is 6.20 Å². The van der Waals surface area contributed by atoms with Gasteiger partial charge in [0.25, 0.3) is 0 Å². The minimum Gasteiger partial charge on any atom is -0.462 e. The van der Waals surface area contributed by atoms with Crippen molar-refractivity contribution in [1.29, 1.82) is 0 Å². The van der Waals surface area contributed by atoms with Crippen LogP contribution < -0.4 is 0 Å². The van der Waals surface area contributed by atoms with Gasteiger partial charge in [0.05, 0.1) is 24.4 Å². The van der Waals surface area contributed by atoms with Crippen LogP contribution in [0.2, 0.25) is 0 Å². The van der Waals surface area contributed by atoms with E-state index in [4.69, 9.17) is 14.2 Å². The number of carbonyl (C=O) groups is 3. The van der Waals surface area contributed by atoms with E-state index in [0.717, 1.165) is 38.5 Å². The summed E-state index contributed by atoms with van der Waals surface area (Å²) in [6.45, 7) is 11.7. The average molecular weight is 652 g/mol. The minimum absolute atomic E-state index is 0.0397. The van der Waals surface area contributed by atoms with Crippen molar-refractivity contribution in [2.24, 2.45) is 0 Å². The zero-order valence-corrected chi connectivity index (χ0v) is 29.9. The Balaban J connectivity index is 2.63. The molecule has 0 aliphatic heterocycles. The molecule has 10 nitrogen and oxygen atoms in total. The number of Topliss-reactive ketones (excluding diaryl/α,β-unsaturated/α-hetero) is 1. The number of unbranched alkanes of at least 4 members (excludes halogenated alkanes) is 12. The fourth-order valence-electron chi connectivity index (χ4n) is 5.01. The Bertz CT molecular complexity index is 971. The second-order valence-corrected chi connectivity index (χ2v) is 13.8. The van der Waals surface area contributed by atoms with Gasteiger partial charge in [0.2, 0.25) is 0 Å². The van der Waals surface area contributed by atoms with Gasteiger partial charge in [0.1, 0.15) is 12.2 Å². The van der Waals surface area contributed by atoms with Crippen molar-refractivity contribution < 1.29 is 33.7 Å². The number of aliphatic hydroxyl groups is 1. The van der Waals surface area contributed by atoms with Crippen molar-refractivity contribution >= 4 is 17.7 Å². The molecule has 1 unspecified atom stereocenters. The molecule has 1 aromatic rings. The number of esters is 2. The average Bonchev–Trinajstić information content (AvgIpc) is 3.44. The third-order valence-corrected chi connectivity index (χ3v) is 8.13. The van der Waals surface area contributed by atoms with Gasteiger partial charge in [-0.1, -0.05) is 96.1 Å². The predicted molar refractivity (Wildman–Crippen MR) is 180 cm³/mol. The summed E-state index contributed by atoms with van der Waals surface area (Å²) in [5.41, 5.74) is -1.21. The highest BCUT2D eigenvalue weighted by Gasteiger charge is 2.29. The molecule has 266 valence electrons. The lowest BCUT2D eigenvalue weighted by molar-refractivity contribution is -0.160. The van der Waals surface area contributed by atoms with Crippen LogP contribution in [0.25, 0.3) is 0 Å². The van der Waals surface area contributed by atoms with Crippen molar-refractivity contribution in [3.63, 3.8) is 0 Å².